The number of nitrogens with zero attached hydrogens (tertiary/aromatic N) is 3. The standard InChI is InChI=1S/C15H30N4O/c1-17-9-11-18(12-10-17)15(20)13-19(8-4-7-16)14-5-2-3-6-14/h14H,2-13,16H2,1H3. The average molecular weight is 282 g/mol. The molecular weight excluding hydrogens is 252 g/mol. The SMILES string of the molecule is CN1CCN(C(=O)CN(CCCN)C2CCCC2)CC1. The Labute approximate surface area is 123 Å². The Morgan fingerprint density at radius 2 is 1.85 bits per heavy atom. The van der Waals surface area contributed by atoms with Crippen LogP contribution in [0.5, 0.6) is 0 Å². The second-order valence-corrected chi connectivity index (χ2v) is 6.24. The number of hydrogen-bond acceptors (Lipinski definition) is 4. The van der Waals surface area contributed by atoms with E-state index in [1.54, 1.807) is 0 Å². The van der Waals surface area contributed by atoms with Crippen molar-refractivity contribution in [3.63, 3.8) is 0 Å². The van der Waals surface area contributed by atoms with E-state index in [0.717, 1.165) is 39.1 Å². The van der Waals surface area contributed by atoms with E-state index in [2.05, 4.69) is 16.8 Å². The second-order valence-electron chi connectivity index (χ2n) is 6.24. The van der Waals surface area contributed by atoms with Crippen molar-refractivity contribution < 1.29 is 4.79 Å². The lowest BCUT2D eigenvalue weighted by molar-refractivity contribution is -0.134. The van der Waals surface area contributed by atoms with E-state index in [0.29, 0.717) is 25.0 Å². The molecule has 0 radical (unpaired) electrons. The Bertz CT molecular complexity index is 296. The van der Waals surface area contributed by atoms with E-state index in [-0.39, 0.29) is 0 Å². The molecule has 0 bridgehead atoms. The summed E-state index contributed by atoms with van der Waals surface area (Å²) >= 11 is 0. The highest BCUT2D eigenvalue weighted by molar-refractivity contribution is 5.78. The quantitative estimate of drug-likeness (QED) is 0.764. The van der Waals surface area contributed by atoms with Gasteiger partial charge in [-0.2, -0.15) is 0 Å². The van der Waals surface area contributed by atoms with Crippen LogP contribution in [0.25, 0.3) is 0 Å². The largest absolute Gasteiger partial charge is 0.339 e. The smallest absolute Gasteiger partial charge is 0.236 e. The Morgan fingerprint density at radius 3 is 2.45 bits per heavy atom. The Kier molecular flexibility index (Phi) is 6.26. The molecule has 1 heterocycles. The summed E-state index contributed by atoms with van der Waals surface area (Å²) in [7, 11) is 2.12. The van der Waals surface area contributed by atoms with Gasteiger partial charge < -0.3 is 15.5 Å². The molecule has 1 aliphatic carbocycles. The van der Waals surface area contributed by atoms with Crippen LogP contribution in [0, 0.1) is 0 Å². The first-order chi connectivity index (χ1) is 9.70. The van der Waals surface area contributed by atoms with Gasteiger partial charge in [0.15, 0.2) is 0 Å². The highest BCUT2D eigenvalue weighted by atomic mass is 16.2. The molecule has 2 N–H and O–H groups in total. The van der Waals surface area contributed by atoms with Crippen LogP contribution in [0.4, 0.5) is 0 Å². The van der Waals surface area contributed by atoms with Crippen LogP contribution < -0.4 is 5.73 Å². The topological polar surface area (TPSA) is 52.8 Å². The lowest BCUT2D eigenvalue weighted by Crippen LogP contribution is -2.51. The lowest BCUT2D eigenvalue weighted by Gasteiger charge is -2.35. The molecular formula is C15H30N4O. The molecule has 0 spiro atoms. The monoisotopic (exact) mass is 282 g/mol. The normalized spacial score (nSPS) is 21.9. The van der Waals surface area contributed by atoms with Crippen LogP contribution >= 0.6 is 0 Å². The summed E-state index contributed by atoms with van der Waals surface area (Å²) in [5.41, 5.74) is 5.64. The Morgan fingerprint density at radius 1 is 1.20 bits per heavy atom. The molecule has 2 aliphatic rings. The first-order valence-corrected chi connectivity index (χ1v) is 8.11. The predicted molar refractivity (Wildman–Crippen MR) is 81.6 cm³/mol. The van der Waals surface area contributed by atoms with Gasteiger partial charge in [-0.05, 0) is 32.9 Å². The minimum absolute atomic E-state index is 0.307. The van der Waals surface area contributed by atoms with Crippen molar-refractivity contribution in [1.29, 1.82) is 0 Å². The first kappa shape index (κ1) is 15.7. The highest BCUT2D eigenvalue weighted by Crippen LogP contribution is 2.23. The van der Waals surface area contributed by atoms with E-state index in [9.17, 15) is 4.79 Å². The zero-order valence-electron chi connectivity index (χ0n) is 12.9. The summed E-state index contributed by atoms with van der Waals surface area (Å²) in [6.45, 7) is 6.03. The van der Waals surface area contributed by atoms with Crippen molar-refractivity contribution in [2.24, 2.45) is 5.73 Å². The fourth-order valence-electron chi connectivity index (χ4n) is 3.28. The fraction of sp³-hybridized carbons (Fsp3) is 0.933. The molecule has 1 aliphatic heterocycles. The van der Waals surface area contributed by atoms with Crippen LogP contribution in [0.15, 0.2) is 0 Å². The van der Waals surface area contributed by atoms with E-state index in [1.165, 1.54) is 25.7 Å². The van der Waals surface area contributed by atoms with Crippen molar-refractivity contribution in [2.75, 3.05) is 52.9 Å². The van der Waals surface area contributed by atoms with E-state index in [4.69, 9.17) is 5.73 Å². The van der Waals surface area contributed by atoms with Crippen molar-refractivity contribution in [2.45, 2.75) is 38.1 Å². The van der Waals surface area contributed by atoms with E-state index in [1.807, 2.05) is 4.90 Å². The van der Waals surface area contributed by atoms with Gasteiger partial charge in [0.25, 0.3) is 0 Å². The molecule has 5 heteroatoms. The molecule has 0 aromatic carbocycles. The molecule has 0 aromatic rings. The van der Waals surface area contributed by atoms with Crippen molar-refractivity contribution in [3.05, 3.63) is 0 Å². The van der Waals surface area contributed by atoms with Gasteiger partial charge in [0.1, 0.15) is 0 Å². The maximum absolute atomic E-state index is 12.5. The molecule has 116 valence electrons. The van der Waals surface area contributed by atoms with Crippen molar-refractivity contribution >= 4 is 5.91 Å². The lowest BCUT2D eigenvalue weighted by atomic mass is 10.2. The zero-order chi connectivity index (χ0) is 14.4. The highest BCUT2D eigenvalue weighted by Gasteiger charge is 2.26. The number of carbonyl (C=O) groups is 1. The van der Waals surface area contributed by atoms with Gasteiger partial charge in [0.2, 0.25) is 5.91 Å². The van der Waals surface area contributed by atoms with Crippen LogP contribution in [0.2, 0.25) is 0 Å². The number of piperazine rings is 1. The van der Waals surface area contributed by atoms with Gasteiger partial charge in [0, 0.05) is 38.8 Å². The van der Waals surface area contributed by atoms with Crippen LogP contribution in [0.3, 0.4) is 0 Å². The number of hydrogen-bond donors (Lipinski definition) is 1. The van der Waals surface area contributed by atoms with Crippen LogP contribution in [0.1, 0.15) is 32.1 Å². The van der Waals surface area contributed by atoms with E-state index >= 15 is 0 Å². The number of amides is 1. The van der Waals surface area contributed by atoms with Gasteiger partial charge in [-0.25, -0.2) is 0 Å². The predicted octanol–water partition coefficient (Wildman–Crippen LogP) is 0.354. The number of nitrogens with two attached hydrogens (primary N) is 1. The molecule has 5 nitrogen and oxygen atoms in total. The van der Waals surface area contributed by atoms with Crippen LogP contribution in [-0.4, -0.2) is 79.5 Å². The van der Waals surface area contributed by atoms with Gasteiger partial charge in [-0.15, -0.1) is 0 Å². The second kappa shape index (κ2) is 7.96. The molecule has 2 rings (SSSR count). The third-order valence-electron chi connectivity index (χ3n) is 4.68. The summed E-state index contributed by atoms with van der Waals surface area (Å²) in [6.07, 6.45) is 6.12. The van der Waals surface area contributed by atoms with Gasteiger partial charge in [-0.3, -0.25) is 9.69 Å². The third-order valence-corrected chi connectivity index (χ3v) is 4.68. The molecule has 2 fully saturated rings. The third kappa shape index (κ3) is 4.43. The summed E-state index contributed by atoms with van der Waals surface area (Å²) in [5, 5.41) is 0. The number of rotatable bonds is 6. The van der Waals surface area contributed by atoms with E-state index < -0.39 is 0 Å². The average Bonchev–Trinajstić information content (AvgIpc) is 2.98. The Hall–Kier alpha value is -0.650. The molecule has 0 atom stereocenters. The Balaban J connectivity index is 1.84. The molecule has 0 unspecified atom stereocenters. The molecule has 1 amide bonds. The minimum Gasteiger partial charge on any atom is -0.339 e. The number of likely N-dealkylation sites (N-methyl/N-ethyl adjacent to an activating group) is 1. The van der Waals surface area contributed by atoms with Gasteiger partial charge >= 0.3 is 0 Å². The number of carbonyl (C=O) groups excluding carboxylic acids is 1. The molecule has 0 aromatic heterocycles. The molecule has 1 saturated heterocycles. The maximum atomic E-state index is 12.5. The summed E-state index contributed by atoms with van der Waals surface area (Å²) in [6, 6.07) is 0.609. The molecule has 20 heavy (non-hydrogen) atoms. The zero-order valence-corrected chi connectivity index (χ0v) is 12.9. The summed E-state index contributed by atoms with van der Waals surface area (Å²) < 4.78 is 0. The van der Waals surface area contributed by atoms with Crippen LogP contribution in [-0.2, 0) is 4.79 Å². The summed E-state index contributed by atoms with van der Waals surface area (Å²) in [5.74, 6) is 0.307. The minimum atomic E-state index is 0.307. The fourth-order valence-corrected chi connectivity index (χ4v) is 3.28. The maximum Gasteiger partial charge on any atom is 0.236 e. The molecule has 1 saturated carbocycles. The van der Waals surface area contributed by atoms with Crippen molar-refractivity contribution in [1.82, 2.24) is 14.7 Å². The summed E-state index contributed by atoms with van der Waals surface area (Å²) in [4.78, 5) is 19.2. The first-order valence-electron chi connectivity index (χ1n) is 8.11. The van der Waals surface area contributed by atoms with Gasteiger partial charge in [0.05, 0.1) is 6.54 Å². The van der Waals surface area contributed by atoms with Gasteiger partial charge in [-0.1, -0.05) is 12.8 Å². The van der Waals surface area contributed by atoms with Crippen molar-refractivity contribution in [3.8, 4) is 0 Å².